The van der Waals surface area contributed by atoms with Gasteiger partial charge in [-0.15, -0.1) is 12.4 Å². The van der Waals surface area contributed by atoms with Crippen LogP contribution in [0.15, 0.2) is 34.7 Å². The Labute approximate surface area is 167 Å². The van der Waals surface area contributed by atoms with Gasteiger partial charge in [-0.3, -0.25) is 4.79 Å². The molecule has 148 valence electrons. The summed E-state index contributed by atoms with van der Waals surface area (Å²) >= 11 is 0. The molecule has 1 aromatic heterocycles. The number of hydrogen-bond donors (Lipinski definition) is 2. The van der Waals surface area contributed by atoms with Gasteiger partial charge in [-0.2, -0.15) is 0 Å². The van der Waals surface area contributed by atoms with Crippen molar-refractivity contribution < 1.29 is 13.9 Å². The van der Waals surface area contributed by atoms with Crippen LogP contribution in [-0.4, -0.2) is 25.5 Å². The minimum Gasteiger partial charge on any atom is -0.485 e. The fourth-order valence-electron chi connectivity index (χ4n) is 3.34. The summed E-state index contributed by atoms with van der Waals surface area (Å²) in [4.78, 5) is 12.2. The predicted octanol–water partition coefficient (Wildman–Crippen LogP) is 4.02. The van der Waals surface area contributed by atoms with Crippen LogP contribution < -0.4 is 15.4 Å². The molecule has 0 bridgehead atoms. The SMILES string of the molecule is Cc1ccc(OCc2ccc(C(=O)NCCC3CCCNC3)o2)c(C)c1.Cl. The first-order valence-electron chi connectivity index (χ1n) is 9.39. The number of ether oxygens (including phenoxy) is 1. The lowest BCUT2D eigenvalue weighted by molar-refractivity contribution is 0.0919. The molecular formula is C21H29ClN2O3. The van der Waals surface area contributed by atoms with Crippen LogP contribution in [0.5, 0.6) is 5.75 Å². The fraction of sp³-hybridized carbons (Fsp3) is 0.476. The highest BCUT2D eigenvalue weighted by molar-refractivity contribution is 5.91. The predicted molar refractivity (Wildman–Crippen MR) is 109 cm³/mol. The van der Waals surface area contributed by atoms with Crippen molar-refractivity contribution >= 4 is 18.3 Å². The van der Waals surface area contributed by atoms with Crippen molar-refractivity contribution in [3.8, 4) is 5.75 Å². The maximum atomic E-state index is 12.2. The number of benzene rings is 1. The summed E-state index contributed by atoms with van der Waals surface area (Å²) in [5.41, 5.74) is 2.29. The van der Waals surface area contributed by atoms with E-state index in [4.69, 9.17) is 9.15 Å². The zero-order chi connectivity index (χ0) is 18.4. The van der Waals surface area contributed by atoms with Crippen molar-refractivity contribution in [1.29, 1.82) is 0 Å². The third kappa shape index (κ3) is 6.29. The molecule has 3 rings (SSSR count). The normalized spacial score (nSPS) is 16.4. The van der Waals surface area contributed by atoms with Gasteiger partial charge in [0, 0.05) is 6.54 Å². The van der Waals surface area contributed by atoms with Gasteiger partial charge in [0.15, 0.2) is 5.76 Å². The van der Waals surface area contributed by atoms with Gasteiger partial charge >= 0.3 is 0 Å². The topological polar surface area (TPSA) is 63.5 Å². The second kappa shape index (κ2) is 10.4. The summed E-state index contributed by atoms with van der Waals surface area (Å²) in [6.45, 7) is 7.23. The molecule has 6 heteroatoms. The van der Waals surface area contributed by atoms with Crippen LogP contribution in [-0.2, 0) is 6.61 Å². The number of aryl methyl sites for hydroxylation is 2. The van der Waals surface area contributed by atoms with Crippen LogP contribution >= 0.6 is 12.4 Å². The highest BCUT2D eigenvalue weighted by atomic mass is 35.5. The molecule has 1 aliphatic rings. The van der Waals surface area contributed by atoms with Crippen molar-refractivity contribution in [3.63, 3.8) is 0 Å². The molecule has 0 saturated carbocycles. The van der Waals surface area contributed by atoms with E-state index in [1.54, 1.807) is 12.1 Å². The third-order valence-corrected chi connectivity index (χ3v) is 4.82. The molecule has 0 aliphatic carbocycles. The van der Waals surface area contributed by atoms with Crippen LogP contribution in [0.1, 0.15) is 46.7 Å². The Kier molecular flexibility index (Phi) is 8.20. The Morgan fingerprint density at radius 2 is 2.15 bits per heavy atom. The maximum absolute atomic E-state index is 12.2. The zero-order valence-corrected chi connectivity index (χ0v) is 16.9. The van der Waals surface area contributed by atoms with Crippen LogP contribution in [0, 0.1) is 19.8 Å². The minimum atomic E-state index is -0.161. The number of nitrogens with one attached hydrogen (secondary N) is 2. The largest absolute Gasteiger partial charge is 0.485 e. The summed E-state index contributed by atoms with van der Waals surface area (Å²) in [6.07, 6.45) is 3.46. The lowest BCUT2D eigenvalue weighted by Gasteiger charge is -2.22. The molecule has 2 heterocycles. The first-order chi connectivity index (χ1) is 12.6. The van der Waals surface area contributed by atoms with Gasteiger partial charge in [0.25, 0.3) is 5.91 Å². The van der Waals surface area contributed by atoms with E-state index >= 15 is 0 Å². The Balaban J connectivity index is 0.00000261. The molecule has 5 nitrogen and oxygen atoms in total. The van der Waals surface area contributed by atoms with Gasteiger partial charge in [-0.05, 0) is 75.9 Å². The van der Waals surface area contributed by atoms with Crippen molar-refractivity contribution in [2.75, 3.05) is 19.6 Å². The van der Waals surface area contributed by atoms with Crippen molar-refractivity contribution in [2.45, 2.75) is 39.7 Å². The minimum absolute atomic E-state index is 0. The van der Waals surface area contributed by atoms with Crippen molar-refractivity contribution in [2.24, 2.45) is 5.92 Å². The van der Waals surface area contributed by atoms with E-state index in [0.29, 0.717) is 30.6 Å². The van der Waals surface area contributed by atoms with Crippen molar-refractivity contribution in [1.82, 2.24) is 10.6 Å². The van der Waals surface area contributed by atoms with Gasteiger partial charge in [0.05, 0.1) is 0 Å². The van der Waals surface area contributed by atoms with E-state index in [9.17, 15) is 4.79 Å². The zero-order valence-electron chi connectivity index (χ0n) is 16.0. The van der Waals surface area contributed by atoms with Gasteiger partial charge in [0.2, 0.25) is 0 Å². The number of amides is 1. The smallest absolute Gasteiger partial charge is 0.286 e. The van der Waals surface area contributed by atoms with Gasteiger partial charge in [-0.1, -0.05) is 17.7 Å². The molecular weight excluding hydrogens is 364 g/mol. The molecule has 1 aromatic carbocycles. The van der Waals surface area contributed by atoms with Crippen LogP contribution in [0.4, 0.5) is 0 Å². The molecule has 0 spiro atoms. The summed E-state index contributed by atoms with van der Waals surface area (Å²) in [5, 5.41) is 6.34. The van der Waals surface area contributed by atoms with Crippen molar-refractivity contribution in [3.05, 3.63) is 53.0 Å². The number of carbonyl (C=O) groups is 1. The molecule has 2 N–H and O–H groups in total. The highest BCUT2D eigenvalue weighted by Crippen LogP contribution is 2.20. The first-order valence-corrected chi connectivity index (χ1v) is 9.39. The quantitative estimate of drug-likeness (QED) is 0.747. The number of rotatable bonds is 7. The Hall–Kier alpha value is -1.98. The summed E-state index contributed by atoms with van der Waals surface area (Å²) in [7, 11) is 0. The molecule has 1 amide bonds. The molecule has 1 fully saturated rings. The van der Waals surface area contributed by atoms with E-state index < -0.39 is 0 Å². The van der Waals surface area contributed by atoms with Gasteiger partial charge in [0.1, 0.15) is 18.1 Å². The van der Waals surface area contributed by atoms with E-state index in [1.165, 1.54) is 18.4 Å². The molecule has 1 saturated heterocycles. The average Bonchev–Trinajstić information content (AvgIpc) is 3.11. The standard InChI is InChI=1S/C21H28N2O3.ClH/c1-15-5-7-19(16(2)12-15)25-14-18-6-8-20(26-18)21(24)23-11-9-17-4-3-10-22-13-17;/h5-8,12,17,22H,3-4,9-11,13-14H2,1-2H3,(H,23,24);1H. The van der Waals surface area contributed by atoms with Gasteiger partial charge in [-0.25, -0.2) is 0 Å². The van der Waals surface area contributed by atoms with E-state index in [2.05, 4.69) is 23.6 Å². The number of carbonyl (C=O) groups excluding carboxylic acids is 1. The average molecular weight is 393 g/mol. The number of halogens is 1. The lowest BCUT2D eigenvalue weighted by Crippen LogP contribution is -2.33. The third-order valence-electron chi connectivity index (χ3n) is 4.82. The summed E-state index contributed by atoms with van der Waals surface area (Å²) in [5.74, 6) is 2.31. The second-order valence-electron chi connectivity index (χ2n) is 7.08. The Morgan fingerprint density at radius 1 is 1.30 bits per heavy atom. The Morgan fingerprint density at radius 3 is 2.89 bits per heavy atom. The van der Waals surface area contributed by atoms with E-state index in [0.717, 1.165) is 30.8 Å². The van der Waals surface area contributed by atoms with Gasteiger partial charge < -0.3 is 19.8 Å². The molecule has 1 atom stereocenters. The molecule has 1 aliphatic heterocycles. The second-order valence-corrected chi connectivity index (χ2v) is 7.08. The molecule has 27 heavy (non-hydrogen) atoms. The summed E-state index contributed by atoms with van der Waals surface area (Å²) in [6, 6.07) is 9.56. The molecule has 2 aromatic rings. The maximum Gasteiger partial charge on any atom is 0.286 e. The van der Waals surface area contributed by atoms with Crippen LogP contribution in [0.2, 0.25) is 0 Å². The number of piperidine rings is 1. The summed E-state index contributed by atoms with van der Waals surface area (Å²) < 4.78 is 11.4. The monoisotopic (exact) mass is 392 g/mol. The molecule has 0 radical (unpaired) electrons. The first kappa shape index (κ1) is 21.3. The number of furan rings is 1. The van der Waals surface area contributed by atoms with Crippen LogP contribution in [0.3, 0.4) is 0 Å². The fourth-order valence-corrected chi connectivity index (χ4v) is 3.34. The lowest BCUT2D eigenvalue weighted by atomic mass is 9.96. The number of hydrogen-bond acceptors (Lipinski definition) is 4. The van der Waals surface area contributed by atoms with E-state index in [-0.39, 0.29) is 18.3 Å². The van der Waals surface area contributed by atoms with E-state index in [1.807, 2.05) is 19.1 Å². The molecule has 1 unspecified atom stereocenters. The van der Waals surface area contributed by atoms with Crippen LogP contribution in [0.25, 0.3) is 0 Å². The highest BCUT2D eigenvalue weighted by Gasteiger charge is 2.15. The Bertz CT molecular complexity index is 739.